The van der Waals surface area contributed by atoms with Crippen LogP contribution in [-0.2, 0) is 0 Å². The molecule has 2 fully saturated rings. The molecule has 15 heavy (non-hydrogen) atoms. The third-order valence-electron chi connectivity index (χ3n) is 3.16. The van der Waals surface area contributed by atoms with Gasteiger partial charge in [-0.25, -0.2) is 10.4 Å². The number of hydrazine groups is 1. The maximum Gasteiger partial charge on any atom is 0.0617 e. The summed E-state index contributed by atoms with van der Waals surface area (Å²) in [5, 5.41) is 2.32. The van der Waals surface area contributed by atoms with E-state index >= 15 is 0 Å². The molecular weight excluding hydrogens is 208 g/mol. The van der Waals surface area contributed by atoms with Gasteiger partial charge < -0.3 is 5.73 Å². The zero-order valence-corrected chi connectivity index (χ0v) is 10.1. The monoisotopic (exact) mass is 230 g/mol. The van der Waals surface area contributed by atoms with Gasteiger partial charge in [0, 0.05) is 43.7 Å². The van der Waals surface area contributed by atoms with Crippen molar-refractivity contribution in [1.29, 1.82) is 0 Å². The van der Waals surface area contributed by atoms with Crippen molar-refractivity contribution in [3.8, 4) is 0 Å². The third-order valence-corrected chi connectivity index (χ3v) is 4.10. The van der Waals surface area contributed by atoms with Gasteiger partial charge in [-0.15, -0.1) is 0 Å². The van der Waals surface area contributed by atoms with Gasteiger partial charge in [0.15, 0.2) is 0 Å². The molecule has 0 saturated carbocycles. The van der Waals surface area contributed by atoms with E-state index in [4.69, 9.17) is 5.73 Å². The average Bonchev–Trinajstić information content (AvgIpc) is 2.30. The summed E-state index contributed by atoms with van der Waals surface area (Å²) >= 11 is 2.06. The van der Waals surface area contributed by atoms with Gasteiger partial charge in [-0.2, -0.15) is 11.8 Å². The molecule has 0 atom stereocenters. The first kappa shape index (κ1) is 11.7. The molecule has 2 rings (SSSR count). The lowest BCUT2D eigenvalue weighted by atomic mass is 10.1. The summed E-state index contributed by atoms with van der Waals surface area (Å²) in [4.78, 5) is 2.49. The third kappa shape index (κ3) is 3.92. The Labute approximate surface area is 96.5 Å². The first-order chi connectivity index (χ1) is 7.34. The molecule has 2 aliphatic heterocycles. The Morgan fingerprint density at radius 3 is 2.47 bits per heavy atom. The highest BCUT2D eigenvalue weighted by atomic mass is 32.2. The van der Waals surface area contributed by atoms with Gasteiger partial charge >= 0.3 is 0 Å². The topological polar surface area (TPSA) is 44.5 Å². The van der Waals surface area contributed by atoms with E-state index in [9.17, 15) is 0 Å². The minimum Gasteiger partial charge on any atom is -0.328 e. The molecule has 4 nitrogen and oxygen atoms in total. The molecular formula is C10H22N4S. The van der Waals surface area contributed by atoms with Crippen LogP contribution in [0.25, 0.3) is 0 Å². The zero-order chi connectivity index (χ0) is 10.5. The van der Waals surface area contributed by atoms with Crippen molar-refractivity contribution in [3.05, 3.63) is 0 Å². The van der Waals surface area contributed by atoms with Crippen molar-refractivity contribution in [2.75, 3.05) is 44.4 Å². The fraction of sp³-hybridized carbons (Fsp3) is 1.00. The van der Waals surface area contributed by atoms with Crippen molar-refractivity contribution in [3.63, 3.8) is 0 Å². The van der Waals surface area contributed by atoms with Crippen molar-refractivity contribution < 1.29 is 0 Å². The quantitative estimate of drug-likeness (QED) is 0.710. The first-order valence-corrected chi connectivity index (χ1v) is 7.04. The predicted molar refractivity (Wildman–Crippen MR) is 65.7 cm³/mol. The number of nitrogens with two attached hydrogens (primary N) is 1. The Balaban J connectivity index is 1.60. The molecule has 0 unspecified atom stereocenters. The minimum atomic E-state index is 0.425. The van der Waals surface area contributed by atoms with Crippen LogP contribution in [0.15, 0.2) is 0 Å². The molecule has 2 saturated heterocycles. The van der Waals surface area contributed by atoms with Gasteiger partial charge in [-0.05, 0) is 12.8 Å². The van der Waals surface area contributed by atoms with Gasteiger partial charge in [-0.1, -0.05) is 0 Å². The highest BCUT2D eigenvalue weighted by molar-refractivity contribution is 7.99. The van der Waals surface area contributed by atoms with Gasteiger partial charge in [0.2, 0.25) is 0 Å². The average molecular weight is 230 g/mol. The summed E-state index contributed by atoms with van der Waals surface area (Å²) in [6.45, 7) is 5.67. The van der Waals surface area contributed by atoms with Crippen LogP contribution in [0, 0.1) is 0 Å². The van der Waals surface area contributed by atoms with Crippen LogP contribution >= 0.6 is 11.8 Å². The van der Waals surface area contributed by atoms with Crippen molar-refractivity contribution in [1.82, 2.24) is 15.3 Å². The van der Waals surface area contributed by atoms with Crippen molar-refractivity contribution >= 4 is 11.8 Å². The van der Waals surface area contributed by atoms with E-state index in [1.54, 1.807) is 0 Å². The standard InChI is InChI=1S/C10H22N4S/c11-10-1-3-14(4-2-10)12-9-13-5-7-15-8-6-13/h10,12H,1-9,11H2. The number of hydrogen-bond donors (Lipinski definition) is 2. The van der Waals surface area contributed by atoms with E-state index in [1.807, 2.05) is 0 Å². The molecule has 0 aliphatic carbocycles. The van der Waals surface area contributed by atoms with Gasteiger partial charge in [0.05, 0.1) is 6.67 Å². The number of hydrogen-bond acceptors (Lipinski definition) is 5. The van der Waals surface area contributed by atoms with Crippen LogP contribution in [0.5, 0.6) is 0 Å². The van der Waals surface area contributed by atoms with E-state index < -0.39 is 0 Å². The second-order valence-corrected chi connectivity index (χ2v) is 5.60. The number of nitrogens with zero attached hydrogens (tertiary/aromatic N) is 2. The number of thioether (sulfide) groups is 1. The summed E-state index contributed by atoms with van der Waals surface area (Å²) in [5.41, 5.74) is 9.37. The molecule has 3 N–H and O–H groups in total. The Kier molecular flexibility index (Phi) is 4.71. The van der Waals surface area contributed by atoms with Crippen LogP contribution < -0.4 is 11.2 Å². The second kappa shape index (κ2) is 6.06. The molecule has 0 spiro atoms. The van der Waals surface area contributed by atoms with E-state index in [0.717, 1.165) is 32.6 Å². The van der Waals surface area contributed by atoms with Gasteiger partial charge in [0.1, 0.15) is 0 Å². The van der Waals surface area contributed by atoms with Crippen molar-refractivity contribution in [2.45, 2.75) is 18.9 Å². The summed E-state index contributed by atoms with van der Waals surface area (Å²) in [6.07, 6.45) is 2.26. The maximum atomic E-state index is 5.87. The van der Waals surface area contributed by atoms with Crippen molar-refractivity contribution in [2.24, 2.45) is 5.73 Å². The lowest BCUT2D eigenvalue weighted by Gasteiger charge is -2.34. The molecule has 0 aromatic carbocycles. The summed E-state index contributed by atoms with van der Waals surface area (Å²) in [7, 11) is 0. The Morgan fingerprint density at radius 1 is 1.13 bits per heavy atom. The molecule has 0 radical (unpaired) electrons. The molecule has 0 bridgehead atoms. The van der Waals surface area contributed by atoms with E-state index in [2.05, 4.69) is 27.1 Å². The lowest BCUT2D eigenvalue weighted by molar-refractivity contribution is 0.104. The van der Waals surface area contributed by atoms with Crippen LogP contribution in [0.4, 0.5) is 0 Å². The lowest BCUT2D eigenvalue weighted by Crippen LogP contribution is -2.51. The van der Waals surface area contributed by atoms with Crippen LogP contribution in [0.3, 0.4) is 0 Å². The molecule has 2 heterocycles. The van der Waals surface area contributed by atoms with Crippen LogP contribution in [0.2, 0.25) is 0 Å². The fourth-order valence-corrected chi connectivity index (χ4v) is 3.00. The zero-order valence-electron chi connectivity index (χ0n) is 9.32. The molecule has 5 heteroatoms. The summed E-state index contributed by atoms with van der Waals surface area (Å²) in [6, 6.07) is 0.425. The smallest absolute Gasteiger partial charge is 0.0617 e. The molecule has 0 amide bonds. The molecule has 0 aromatic heterocycles. The maximum absolute atomic E-state index is 5.87. The Hall–Kier alpha value is 0.190. The SMILES string of the molecule is NC1CCN(NCN2CCSCC2)CC1. The van der Waals surface area contributed by atoms with Crippen LogP contribution in [0.1, 0.15) is 12.8 Å². The Bertz CT molecular complexity index is 176. The van der Waals surface area contributed by atoms with E-state index in [-0.39, 0.29) is 0 Å². The summed E-state index contributed by atoms with van der Waals surface area (Å²) in [5.74, 6) is 2.57. The van der Waals surface area contributed by atoms with Gasteiger partial charge in [-0.3, -0.25) is 4.90 Å². The summed E-state index contributed by atoms with van der Waals surface area (Å²) < 4.78 is 0. The Morgan fingerprint density at radius 2 is 1.80 bits per heavy atom. The predicted octanol–water partition coefficient (Wildman–Crippen LogP) is -0.0796. The fourth-order valence-electron chi connectivity index (χ4n) is 2.02. The minimum absolute atomic E-state index is 0.425. The molecule has 0 aromatic rings. The second-order valence-electron chi connectivity index (χ2n) is 4.37. The molecule has 88 valence electrons. The van der Waals surface area contributed by atoms with E-state index in [1.165, 1.54) is 24.6 Å². The number of nitrogens with one attached hydrogen (secondary N) is 1. The number of piperidine rings is 1. The number of rotatable bonds is 3. The van der Waals surface area contributed by atoms with Crippen LogP contribution in [-0.4, -0.2) is 60.3 Å². The molecule has 2 aliphatic rings. The highest BCUT2D eigenvalue weighted by Crippen LogP contribution is 2.09. The first-order valence-electron chi connectivity index (χ1n) is 5.89. The van der Waals surface area contributed by atoms with Gasteiger partial charge in [0.25, 0.3) is 0 Å². The highest BCUT2D eigenvalue weighted by Gasteiger charge is 2.16. The largest absolute Gasteiger partial charge is 0.328 e. The normalized spacial score (nSPS) is 27.0. The van der Waals surface area contributed by atoms with E-state index in [0.29, 0.717) is 6.04 Å².